The molecule has 0 aliphatic rings. The summed E-state index contributed by atoms with van der Waals surface area (Å²) in [5.74, 6) is -3.01. The fourth-order valence-corrected chi connectivity index (χ4v) is 2.25. The van der Waals surface area contributed by atoms with E-state index in [9.17, 15) is 13.6 Å². The lowest BCUT2D eigenvalue weighted by Crippen LogP contribution is -2.13. The Morgan fingerprint density at radius 3 is 2.58 bits per heavy atom. The van der Waals surface area contributed by atoms with Crippen LogP contribution < -0.4 is 5.32 Å². The minimum absolute atomic E-state index is 0.0205. The second-order valence-corrected chi connectivity index (χ2v) is 5.40. The van der Waals surface area contributed by atoms with E-state index in [0.29, 0.717) is 22.4 Å². The van der Waals surface area contributed by atoms with Gasteiger partial charge in [-0.2, -0.15) is 18.6 Å². The summed E-state index contributed by atoms with van der Waals surface area (Å²) in [7, 11) is 0. The molecule has 7 nitrogen and oxygen atoms in total. The lowest BCUT2D eigenvalue weighted by atomic mass is 10.2. The van der Waals surface area contributed by atoms with Crippen molar-refractivity contribution in [1.29, 1.82) is 0 Å². The quantitative estimate of drug-likeness (QED) is 0.769. The van der Waals surface area contributed by atoms with Gasteiger partial charge in [-0.15, -0.1) is 0 Å². The van der Waals surface area contributed by atoms with Gasteiger partial charge in [0.1, 0.15) is 11.5 Å². The van der Waals surface area contributed by atoms with Gasteiger partial charge in [-0.25, -0.2) is 15.0 Å². The Kier molecular flexibility index (Phi) is 5.59. The number of nitrogens with zero attached hydrogens (tertiary/aromatic N) is 5. The molecule has 0 saturated carbocycles. The number of carbonyl (C=O) groups excluding carboxylic acids is 1. The highest BCUT2D eigenvalue weighted by atomic mass is 19.3. The van der Waals surface area contributed by atoms with Crippen molar-refractivity contribution in [1.82, 2.24) is 24.7 Å². The van der Waals surface area contributed by atoms with Crippen LogP contribution in [0.15, 0.2) is 24.5 Å². The monoisotopic (exact) mass is 362 g/mol. The molecule has 0 spiro atoms. The van der Waals surface area contributed by atoms with E-state index in [1.165, 1.54) is 17.8 Å². The highest BCUT2D eigenvalue weighted by Gasteiger charge is 2.27. The van der Waals surface area contributed by atoms with E-state index in [1.807, 2.05) is 13.8 Å². The molecular weight excluding hydrogens is 342 g/mol. The van der Waals surface area contributed by atoms with Gasteiger partial charge >= 0.3 is 0 Å². The molecule has 0 aliphatic heterocycles. The number of hydrogen-bond acceptors (Lipinski definition) is 5. The molecule has 9 heteroatoms. The van der Waals surface area contributed by atoms with Crippen LogP contribution in [0.5, 0.6) is 0 Å². The molecule has 0 aliphatic carbocycles. The predicted molar refractivity (Wildman–Crippen MR) is 94.4 cm³/mol. The Bertz CT molecular complexity index is 933. The zero-order valence-corrected chi connectivity index (χ0v) is 15.2. The molecule has 3 aromatic heterocycles. The molecule has 1 amide bonds. The zero-order valence-electron chi connectivity index (χ0n) is 15.2. The number of alkyl halides is 2. The minimum atomic E-state index is -3.08. The van der Waals surface area contributed by atoms with Crippen molar-refractivity contribution in [3.8, 4) is 5.95 Å². The molecule has 1 N–H and O–H groups in total. The number of anilines is 1. The number of hydrogen-bond donors (Lipinski definition) is 1. The first-order chi connectivity index (χ1) is 12.3. The van der Waals surface area contributed by atoms with Gasteiger partial charge in [0, 0.05) is 37.7 Å². The standard InChI is InChI=1S/C15H14F2N6O.C2H6/c1-8-10-7-19-13(20-9(2)24)6-11(10)23(22-8)14-18-5-4-12(21-14)15(3,16)17;1-2/h4-7H,1-3H3,(H,19,20,24);1-2H3. The predicted octanol–water partition coefficient (Wildman–Crippen LogP) is 3.62. The number of carbonyl (C=O) groups is 1. The molecule has 3 rings (SSSR count). The summed E-state index contributed by atoms with van der Waals surface area (Å²) >= 11 is 0. The molecule has 0 radical (unpaired) electrons. The minimum Gasteiger partial charge on any atom is -0.311 e. The Balaban J connectivity index is 0.00000117. The summed E-state index contributed by atoms with van der Waals surface area (Å²) in [6, 6.07) is 2.75. The van der Waals surface area contributed by atoms with Crippen molar-refractivity contribution in [3.05, 3.63) is 35.9 Å². The Morgan fingerprint density at radius 2 is 1.96 bits per heavy atom. The number of nitrogens with one attached hydrogen (secondary N) is 1. The van der Waals surface area contributed by atoms with Crippen LogP contribution in [0.3, 0.4) is 0 Å². The van der Waals surface area contributed by atoms with E-state index in [0.717, 1.165) is 13.0 Å². The molecular formula is C17H20F2N6O. The molecule has 0 saturated heterocycles. The molecule has 26 heavy (non-hydrogen) atoms. The van der Waals surface area contributed by atoms with Gasteiger partial charge in [0.05, 0.1) is 11.2 Å². The van der Waals surface area contributed by atoms with Crippen LogP contribution in [-0.4, -0.2) is 30.6 Å². The van der Waals surface area contributed by atoms with Gasteiger partial charge in [0.25, 0.3) is 11.9 Å². The molecule has 3 aromatic rings. The van der Waals surface area contributed by atoms with Gasteiger partial charge in [-0.05, 0) is 13.0 Å². The van der Waals surface area contributed by atoms with Gasteiger partial charge in [0.2, 0.25) is 5.91 Å². The Morgan fingerprint density at radius 1 is 1.27 bits per heavy atom. The van der Waals surface area contributed by atoms with E-state index in [1.54, 1.807) is 19.2 Å². The molecule has 3 heterocycles. The molecule has 0 bridgehead atoms. The van der Waals surface area contributed by atoms with Crippen LogP contribution in [0.2, 0.25) is 0 Å². The summed E-state index contributed by atoms with van der Waals surface area (Å²) in [4.78, 5) is 23.2. The summed E-state index contributed by atoms with van der Waals surface area (Å²) in [6.07, 6.45) is 2.81. The largest absolute Gasteiger partial charge is 0.311 e. The van der Waals surface area contributed by atoms with Crippen molar-refractivity contribution in [2.45, 2.75) is 40.5 Å². The highest BCUT2D eigenvalue weighted by Crippen LogP contribution is 2.26. The van der Waals surface area contributed by atoms with Crippen molar-refractivity contribution in [2.24, 2.45) is 0 Å². The molecule has 138 valence electrons. The summed E-state index contributed by atoms with van der Waals surface area (Å²) in [5.41, 5.74) is 0.803. The van der Waals surface area contributed by atoms with Crippen LogP contribution in [0, 0.1) is 6.92 Å². The molecule has 0 aromatic carbocycles. The zero-order chi connectivity index (χ0) is 19.5. The van der Waals surface area contributed by atoms with Crippen LogP contribution >= 0.6 is 0 Å². The van der Waals surface area contributed by atoms with Crippen LogP contribution in [-0.2, 0) is 10.7 Å². The summed E-state index contributed by atoms with van der Waals surface area (Å²) in [6.45, 7) is 7.89. The van der Waals surface area contributed by atoms with Gasteiger partial charge in [-0.3, -0.25) is 4.79 Å². The maximum atomic E-state index is 13.5. The van der Waals surface area contributed by atoms with E-state index in [2.05, 4.69) is 25.4 Å². The third-order valence-corrected chi connectivity index (χ3v) is 3.34. The van der Waals surface area contributed by atoms with Crippen LogP contribution in [0.1, 0.15) is 39.1 Å². The SMILES string of the molecule is CC.CC(=O)Nc1cc2c(cn1)c(C)nn2-c1nccc(C(C)(F)F)n1. The van der Waals surface area contributed by atoms with Gasteiger partial charge in [-0.1, -0.05) is 13.8 Å². The first-order valence-corrected chi connectivity index (χ1v) is 8.10. The first kappa shape index (κ1) is 19.4. The molecule has 0 atom stereocenters. The topological polar surface area (TPSA) is 85.6 Å². The lowest BCUT2D eigenvalue weighted by Gasteiger charge is -2.10. The van der Waals surface area contributed by atoms with Crippen molar-refractivity contribution >= 4 is 22.6 Å². The smallest absolute Gasteiger partial charge is 0.287 e. The second kappa shape index (κ2) is 7.51. The summed E-state index contributed by atoms with van der Waals surface area (Å²) < 4.78 is 28.4. The fraction of sp³-hybridized carbons (Fsp3) is 0.353. The van der Waals surface area contributed by atoms with Crippen molar-refractivity contribution in [3.63, 3.8) is 0 Å². The van der Waals surface area contributed by atoms with E-state index >= 15 is 0 Å². The summed E-state index contributed by atoms with van der Waals surface area (Å²) in [5, 5.41) is 7.58. The van der Waals surface area contributed by atoms with E-state index < -0.39 is 11.6 Å². The number of halogens is 2. The van der Waals surface area contributed by atoms with Gasteiger partial charge in [0.15, 0.2) is 0 Å². The highest BCUT2D eigenvalue weighted by molar-refractivity contribution is 5.91. The van der Waals surface area contributed by atoms with E-state index in [4.69, 9.17) is 0 Å². The van der Waals surface area contributed by atoms with Gasteiger partial charge < -0.3 is 5.32 Å². The normalized spacial score (nSPS) is 11.0. The van der Waals surface area contributed by atoms with Crippen molar-refractivity contribution in [2.75, 3.05) is 5.32 Å². The number of pyridine rings is 1. The maximum Gasteiger partial charge on any atom is 0.287 e. The number of fused-ring (bicyclic) bond motifs is 1. The molecule has 0 unspecified atom stereocenters. The van der Waals surface area contributed by atoms with Crippen LogP contribution in [0.25, 0.3) is 16.9 Å². The Labute approximate surface area is 149 Å². The van der Waals surface area contributed by atoms with Crippen LogP contribution in [0.4, 0.5) is 14.6 Å². The number of aryl methyl sites for hydroxylation is 1. The fourth-order valence-electron chi connectivity index (χ4n) is 2.25. The maximum absolute atomic E-state index is 13.5. The Hall–Kier alpha value is -2.97. The third-order valence-electron chi connectivity index (χ3n) is 3.34. The second-order valence-electron chi connectivity index (χ2n) is 5.40. The molecule has 0 fully saturated rings. The number of aromatic nitrogens is 5. The average Bonchev–Trinajstić information content (AvgIpc) is 2.92. The average molecular weight is 362 g/mol. The first-order valence-electron chi connectivity index (χ1n) is 8.10. The number of rotatable bonds is 3. The third kappa shape index (κ3) is 3.98. The van der Waals surface area contributed by atoms with E-state index in [-0.39, 0.29) is 11.9 Å². The number of amides is 1. The lowest BCUT2D eigenvalue weighted by molar-refractivity contribution is -0.114. The van der Waals surface area contributed by atoms with Crippen molar-refractivity contribution < 1.29 is 13.6 Å².